The molecule has 142 valence electrons. The second-order valence-corrected chi connectivity index (χ2v) is 7.19. The summed E-state index contributed by atoms with van der Waals surface area (Å²) >= 11 is 0. The third-order valence-electron chi connectivity index (χ3n) is 5.26. The molecule has 1 aliphatic heterocycles. The molecule has 6 nitrogen and oxygen atoms in total. The lowest BCUT2D eigenvalue weighted by Crippen LogP contribution is -2.45. The Morgan fingerprint density at radius 3 is 2.28 bits per heavy atom. The van der Waals surface area contributed by atoms with Crippen molar-refractivity contribution < 1.29 is 23.9 Å². The van der Waals surface area contributed by atoms with Crippen LogP contribution in [0.5, 0.6) is 0 Å². The highest BCUT2D eigenvalue weighted by molar-refractivity contribution is 5.84. The maximum absolute atomic E-state index is 12.5. The predicted octanol–water partition coefficient (Wildman–Crippen LogP) is 2.69. The molecule has 1 unspecified atom stereocenters. The Kier molecular flexibility index (Phi) is 7.72. The van der Waals surface area contributed by atoms with Gasteiger partial charge in [0.25, 0.3) is 5.91 Å². The van der Waals surface area contributed by atoms with Crippen molar-refractivity contribution >= 4 is 17.8 Å². The van der Waals surface area contributed by atoms with Crippen molar-refractivity contribution in [2.75, 3.05) is 19.7 Å². The van der Waals surface area contributed by atoms with E-state index in [1.807, 2.05) is 0 Å². The number of ether oxygens (including phenoxy) is 2. The van der Waals surface area contributed by atoms with Crippen LogP contribution in [0.15, 0.2) is 0 Å². The third kappa shape index (κ3) is 6.01. The van der Waals surface area contributed by atoms with Crippen molar-refractivity contribution in [3.63, 3.8) is 0 Å². The van der Waals surface area contributed by atoms with Gasteiger partial charge in [0.05, 0.1) is 12.5 Å². The highest BCUT2D eigenvalue weighted by atomic mass is 16.5. The Labute approximate surface area is 150 Å². The molecular weight excluding hydrogens is 322 g/mol. The van der Waals surface area contributed by atoms with E-state index in [1.54, 1.807) is 18.7 Å². The van der Waals surface area contributed by atoms with Crippen molar-refractivity contribution in [1.82, 2.24) is 4.90 Å². The van der Waals surface area contributed by atoms with E-state index in [4.69, 9.17) is 9.47 Å². The van der Waals surface area contributed by atoms with Crippen molar-refractivity contribution in [3.05, 3.63) is 0 Å². The second-order valence-electron chi connectivity index (χ2n) is 7.19. The van der Waals surface area contributed by atoms with E-state index in [-0.39, 0.29) is 23.8 Å². The fraction of sp³-hybridized carbons (Fsp3) is 0.842. The number of piperidine rings is 1. The number of rotatable bonds is 6. The third-order valence-corrected chi connectivity index (χ3v) is 5.26. The second kappa shape index (κ2) is 9.78. The number of carbonyl (C=O) groups excluding carboxylic acids is 3. The van der Waals surface area contributed by atoms with Crippen molar-refractivity contribution in [3.8, 4) is 0 Å². The molecule has 0 bridgehead atoms. The number of nitrogens with zero attached hydrogens (tertiary/aromatic N) is 1. The zero-order chi connectivity index (χ0) is 18.2. The fourth-order valence-electron chi connectivity index (χ4n) is 3.78. The minimum atomic E-state index is -0.754. The maximum atomic E-state index is 12.5. The molecule has 1 aliphatic carbocycles. The molecule has 2 fully saturated rings. The molecule has 0 radical (unpaired) electrons. The molecule has 0 aromatic heterocycles. The lowest BCUT2D eigenvalue weighted by atomic mass is 9.87. The van der Waals surface area contributed by atoms with Crippen LogP contribution < -0.4 is 0 Å². The van der Waals surface area contributed by atoms with Gasteiger partial charge in [0.2, 0.25) is 0 Å². The fourth-order valence-corrected chi connectivity index (χ4v) is 3.78. The first kappa shape index (κ1) is 19.7. The van der Waals surface area contributed by atoms with Gasteiger partial charge >= 0.3 is 11.9 Å². The van der Waals surface area contributed by atoms with Gasteiger partial charge in [-0.15, -0.1) is 0 Å². The van der Waals surface area contributed by atoms with Crippen LogP contribution in [0.25, 0.3) is 0 Å². The first-order valence-corrected chi connectivity index (χ1v) is 9.66. The topological polar surface area (TPSA) is 72.9 Å². The number of hydrogen-bond donors (Lipinski definition) is 0. The molecule has 1 amide bonds. The summed E-state index contributed by atoms with van der Waals surface area (Å²) in [4.78, 5) is 38.0. The lowest BCUT2D eigenvalue weighted by molar-refractivity contribution is -0.161. The highest BCUT2D eigenvalue weighted by Crippen LogP contribution is 2.27. The Morgan fingerprint density at radius 1 is 1.04 bits per heavy atom. The van der Waals surface area contributed by atoms with Crippen LogP contribution in [-0.2, 0) is 23.9 Å². The largest absolute Gasteiger partial charge is 0.466 e. The summed E-state index contributed by atoms with van der Waals surface area (Å²) in [6.07, 6.45) is 6.65. The zero-order valence-corrected chi connectivity index (χ0v) is 15.5. The van der Waals surface area contributed by atoms with Gasteiger partial charge in [0.15, 0.2) is 6.10 Å². The number of carbonyl (C=O) groups is 3. The minimum absolute atomic E-state index is 0.131. The van der Waals surface area contributed by atoms with Gasteiger partial charge in [0.1, 0.15) is 0 Å². The Bertz CT molecular complexity index is 464. The predicted molar refractivity (Wildman–Crippen MR) is 92.7 cm³/mol. The Morgan fingerprint density at radius 2 is 1.68 bits per heavy atom. The molecule has 0 aromatic rings. The van der Waals surface area contributed by atoms with Gasteiger partial charge in [-0.1, -0.05) is 19.3 Å². The van der Waals surface area contributed by atoms with Crippen LogP contribution in [0.1, 0.15) is 65.2 Å². The number of amides is 1. The van der Waals surface area contributed by atoms with Gasteiger partial charge in [0, 0.05) is 19.5 Å². The summed E-state index contributed by atoms with van der Waals surface area (Å²) < 4.78 is 10.4. The Balaban J connectivity index is 1.72. The van der Waals surface area contributed by atoms with Gasteiger partial charge in [-0.3, -0.25) is 14.4 Å². The van der Waals surface area contributed by atoms with E-state index >= 15 is 0 Å². The van der Waals surface area contributed by atoms with Crippen LogP contribution in [0.4, 0.5) is 0 Å². The first-order valence-electron chi connectivity index (χ1n) is 9.66. The average Bonchev–Trinajstić information content (AvgIpc) is 2.62. The number of hydrogen-bond acceptors (Lipinski definition) is 5. The summed E-state index contributed by atoms with van der Waals surface area (Å²) in [6.45, 7) is 4.82. The van der Waals surface area contributed by atoms with Gasteiger partial charge in [-0.2, -0.15) is 0 Å². The van der Waals surface area contributed by atoms with Crippen LogP contribution in [0, 0.1) is 11.8 Å². The van der Waals surface area contributed by atoms with Gasteiger partial charge in [-0.05, 0) is 45.4 Å². The summed E-state index contributed by atoms with van der Waals surface area (Å²) in [7, 11) is 0. The molecule has 0 spiro atoms. The van der Waals surface area contributed by atoms with Crippen molar-refractivity contribution in [1.29, 1.82) is 0 Å². The normalized spacial score (nSPS) is 20.8. The minimum Gasteiger partial charge on any atom is -0.466 e. The van der Waals surface area contributed by atoms with E-state index in [0.29, 0.717) is 44.9 Å². The van der Waals surface area contributed by atoms with E-state index in [0.717, 1.165) is 12.8 Å². The molecule has 1 saturated carbocycles. The molecule has 6 heteroatoms. The number of esters is 2. The van der Waals surface area contributed by atoms with Crippen LogP contribution >= 0.6 is 0 Å². The van der Waals surface area contributed by atoms with Gasteiger partial charge in [-0.25, -0.2) is 0 Å². The molecular formula is C19H31NO5. The summed E-state index contributed by atoms with van der Waals surface area (Å²) in [6, 6.07) is 0. The van der Waals surface area contributed by atoms with Crippen LogP contribution in [-0.4, -0.2) is 48.5 Å². The lowest BCUT2D eigenvalue weighted by Gasteiger charge is -2.32. The smallest absolute Gasteiger partial charge is 0.309 e. The van der Waals surface area contributed by atoms with Crippen molar-refractivity contribution in [2.24, 2.45) is 11.8 Å². The van der Waals surface area contributed by atoms with E-state index < -0.39 is 6.10 Å². The van der Waals surface area contributed by atoms with E-state index in [2.05, 4.69) is 0 Å². The molecule has 1 atom stereocenters. The molecule has 0 N–H and O–H groups in total. The highest BCUT2D eigenvalue weighted by Gasteiger charge is 2.31. The van der Waals surface area contributed by atoms with Gasteiger partial charge < -0.3 is 14.4 Å². The molecule has 0 aromatic carbocycles. The summed E-state index contributed by atoms with van der Waals surface area (Å²) in [5, 5.41) is 0. The first-order chi connectivity index (χ1) is 12.0. The molecule has 25 heavy (non-hydrogen) atoms. The zero-order valence-electron chi connectivity index (χ0n) is 15.5. The molecule has 1 heterocycles. The maximum Gasteiger partial charge on any atom is 0.309 e. The SMILES string of the molecule is CCOC(=O)C1CCN(C(=O)C(C)OC(=O)CC2CCCCC2)CC1. The van der Waals surface area contributed by atoms with E-state index in [1.165, 1.54) is 19.3 Å². The monoisotopic (exact) mass is 353 g/mol. The average molecular weight is 353 g/mol. The van der Waals surface area contributed by atoms with Crippen molar-refractivity contribution in [2.45, 2.75) is 71.3 Å². The quantitative estimate of drug-likeness (QED) is 0.687. The van der Waals surface area contributed by atoms with E-state index in [9.17, 15) is 14.4 Å². The summed E-state index contributed by atoms with van der Waals surface area (Å²) in [5.41, 5.74) is 0. The molecule has 1 saturated heterocycles. The van der Waals surface area contributed by atoms with Crippen LogP contribution in [0.2, 0.25) is 0 Å². The Hall–Kier alpha value is -1.59. The number of likely N-dealkylation sites (tertiary alicyclic amines) is 1. The standard InChI is InChI=1S/C19H31NO5/c1-3-24-19(23)16-9-11-20(12-10-16)18(22)14(2)25-17(21)13-15-7-5-4-6-8-15/h14-16H,3-13H2,1-2H3. The molecule has 2 aliphatic rings. The molecule has 2 rings (SSSR count). The van der Waals surface area contributed by atoms with Crippen LogP contribution in [0.3, 0.4) is 0 Å². The summed E-state index contributed by atoms with van der Waals surface area (Å²) in [5.74, 6) is -0.341.